The first-order valence-corrected chi connectivity index (χ1v) is 7.39. The molecule has 2 amide bonds. The van der Waals surface area contributed by atoms with Gasteiger partial charge >= 0.3 is 12.0 Å². The van der Waals surface area contributed by atoms with Gasteiger partial charge < -0.3 is 10.4 Å². The number of anilines is 1. The molecule has 24 heavy (non-hydrogen) atoms. The van der Waals surface area contributed by atoms with Crippen molar-refractivity contribution >= 4 is 17.8 Å². The fourth-order valence-corrected chi connectivity index (χ4v) is 2.04. The smallest absolute Gasteiger partial charge is 0.320 e. The van der Waals surface area contributed by atoms with Crippen molar-refractivity contribution in [1.29, 1.82) is 0 Å². The van der Waals surface area contributed by atoms with Crippen molar-refractivity contribution in [1.82, 2.24) is 25.3 Å². The number of hydrogen-bond donors (Lipinski definition) is 3. The summed E-state index contributed by atoms with van der Waals surface area (Å²) in [6, 6.07) is 2.91. The number of aromatic nitrogens is 4. The van der Waals surface area contributed by atoms with Crippen molar-refractivity contribution < 1.29 is 14.7 Å². The Morgan fingerprint density at radius 3 is 2.58 bits per heavy atom. The number of hydrogen-bond acceptors (Lipinski definition) is 5. The number of nitrogens with zero attached hydrogens (tertiary/aromatic N) is 4. The van der Waals surface area contributed by atoms with E-state index in [9.17, 15) is 9.59 Å². The van der Waals surface area contributed by atoms with E-state index in [0.717, 1.165) is 5.56 Å². The monoisotopic (exact) mass is 332 g/mol. The lowest BCUT2D eigenvalue weighted by Crippen LogP contribution is -2.45. The molecule has 0 saturated carbocycles. The third-order valence-corrected chi connectivity index (χ3v) is 3.32. The molecule has 0 aliphatic heterocycles. The molecule has 0 aliphatic rings. The standard InChI is InChI=1S/C15H20N6O3/c1-15(2,7-6-13(22)23)18-14(24)17-12-5-4-11(19-20-12)10-8-16-21(3)9-10/h4-5,8-9H,6-7H2,1-3H3,(H,22,23)(H2,17,18,20,24). The molecule has 3 N–H and O–H groups in total. The number of carboxylic acids is 1. The number of nitrogens with one attached hydrogen (secondary N) is 2. The third-order valence-electron chi connectivity index (χ3n) is 3.32. The molecule has 0 spiro atoms. The normalized spacial score (nSPS) is 11.1. The first-order valence-electron chi connectivity index (χ1n) is 7.39. The van der Waals surface area contributed by atoms with Gasteiger partial charge in [0.05, 0.1) is 11.9 Å². The zero-order chi connectivity index (χ0) is 17.7. The molecule has 2 rings (SSSR count). The number of aliphatic carboxylic acids is 1. The Morgan fingerprint density at radius 2 is 2.04 bits per heavy atom. The van der Waals surface area contributed by atoms with E-state index < -0.39 is 17.5 Å². The lowest BCUT2D eigenvalue weighted by Gasteiger charge is -2.25. The zero-order valence-corrected chi connectivity index (χ0v) is 13.8. The van der Waals surface area contributed by atoms with Gasteiger partial charge in [-0.3, -0.25) is 14.8 Å². The topological polar surface area (TPSA) is 122 Å². The van der Waals surface area contributed by atoms with E-state index in [-0.39, 0.29) is 6.42 Å². The number of rotatable bonds is 6. The number of amides is 2. The van der Waals surface area contributed by atoms with Gasteiger partial charge in [0.25, 0.3) is 0 Å². The van der Waals surface area contributed by atoms with Crippen LogP contribution in [0.4, 0.5) is 10.6 Å². The summed E-state index contributed by atoms with van der Waals surface area (Å²) >= 11 is 0. The van der Waals surface area contributed by atoms with Crippen molar-refractivity contribution in [2.24, 2.45) is 7.05 Å². The van der Waals surface area contributed by atoms with Crippen LogP contribution in [0.25, 0.3) is 11.3 Å². The van der Waals surface area contributed by atoms with E-state index in [4.69, 9.17) is 5.11 Å². The average Bonchev–Trinajstić information content (AvgIpc) is 2.92. The summed E-state index contributed by atoms with van der Waals surface area (Å²) in [6.07, 6.45) is 3.79. The van der Waals surface area contributed by atoms with Crippen molar-refractivity contribution in [2.45, 2.75) is 32.2 Å². The van der Waals surface area contributed by atoms with Gasteiger partial charge in [0.15, 0.2) is 5.82 Å². The van der Waals surface area contributed by atoms with Crippen LogP contribution in [0.1, 0.15) is 26.7 Å². The highest BCUT2D eigenvalue weighted by atomic mass is 16.4. The van der Waals surface area contributed by atoms with E-state index in [1.165, 1.54) is 0 Å². The van der Waals surface area contributed by atoms with Crippen molar-refractivity contribution in [3.05, 3.63) is 24.5 Å². The molecule has 0 aromatic carbocycles. The predicted octanol–water partition coefficient (Wildman–Crippen LogP) is 1.64. The predicted molar refractivity (Wildman–Crippen MR) is 87.3 cm³/mol. The molecule has 0 unspecified atom stereocenters. The second-order valence-electron chi connectivity index (χ2n) is 6.06. The van der Waals surface area contributed by atoms with Crippen LogP contribution in [0.5, 0.6) is 0 Å². The van der Waals surface area contributed by atoms with Crippen LogP contribution >= 0.6 is 0 Å². The van der Waals surface area contributed by atoms with Gasteiger partial charge in [-0.15, -0.1) is 10.2 Å². The summed E-state index contributed by atoms with van der Waals surface area (Å²) in [4.78, 5) is 22.6. The fourth-order valence-electron chi connectivity index (χ4n) is 2.04. The minimum atomic E-state index is -0.901. The second kappa shape index (κ2) is 7.07. The van der Waals surface area contributed by atoms with Crippen molar-refractivity contribution in [3.63, 3.8) is 0 Å². The van der Waals surface area contributed by atoms with Crippen molar-refractivity contribution in [2.75, 3.05) is 5.32 Å². The van der Waals surface area contributed by atoms with Crippen LogP contribution in [0.2, 0.25) is 0 Å². The molecule has 9 heteroatoms. The summed E-state index contributed by atoms with van der Waals surface area (Å²) in [6.45, 7) is 3.51. The molecule has 9 nitrogen and oxygen atoms in total. The second-order valence-corrected chi connectivity index (χ2v) is 6.06. The highest BCUT2D eigenvalue weighted by Gasteiger charge is 2.21. The highest BCUT2D eigenvalue weighted by molar-refractivity contribution is 5.88. The summed E-state index contributed by atoms with van der Waals surface area (Å²) in [5.74, 6) is -0.601. The Labute approximate surface area is 139 Å². The lowest BCUT2D eigenvalue weighted by molar-refractivity contribution is -0.137. The SMILES string of the molecule is Cn1cc(-c2ccc(NC(=O)NC(C)(C)CCC(=O)O)nn2)cn1. The highest BCUT2D eigenvalue weighted by Crippen LogP contribution is 2.16. The van der Waals surface area contributed by atoms with E-state index in [0.29, 0.717) is 17.9 Å². The number of urea groups is 1. The molecule has 2 heterocycles. The van der Waals surface area contributed by atoms with E-state index in [2.05, 4.69) is 25.9 Å². The molecule has 128 valence electrons. The maximum absolute atomic E-state index is 12.0. The molecular formula is C15H20N6O3. The van der Waals surface area contributed by atoms with E-state index >= 15 is 0 Å². The van der Waals surface area contributed by atoms with E-state index in [1.807, 2.05) is 13.2 Å². The zero-order valence-electron chi connectivity index (χ0n) is 13.8. The van der Waals surface area contributed by atoms with Gasteiger partial charge in [-0.2, -0.15) is 5.10 Å². The summed E-state index contributed by atoms with van der Waals surface area (Å²) in [5, 5.41) is 26.1. The molecular weight excluding hydrogens is 312 g/mol. The van der Waals surface area contributed by atoms with Gasteiger partial charge in [0.2, 0.25) is 0 Å². The number of carboxylic acid groups (broad SMARTS) is 1. The molecule has 0 aliphatic carbocycles. The molecule has 0 bridgehead atoms. The van der Waals surface area contributed by atoms with Crippen LogP contribution in [-0.2, 0) is 11.8 Å². The third kappa shape index (κ3) is 5.04. The van der Waals surface area contributed by atoms with Gasteiger partial charge in [-0.05, 0) is 32.4 Å². The summed E-state index contributed by atoms with van der Waals surface area (Å²) < 4.78 is 1.66. The molecule has 0 saturated heterocycles. The van der Waals surface area contributed by atoms with Crippen molar-refractivity contribution in [3.8, 4) is 11.3 Å². The van der Waals surface area contributed by atoms with Crippen LogP contribution < -0.4 is 10.6 Å². The maximum Gasteiger partial charge on any atom is 0.320 e. The lowest BCUT2D eigenvalue weighted by atomic mass is 9.99. The number of carbonyl (C=O) groups is 2. The van der Waals surface area contributed by atoms with Gasteiger partial charge in [-0.25, -0.2) is 4.79 Å². The van der Waals surface area contributed by atoms with Crippen LogP contribution in [-0.4, -0.2) is 42.6 Å². The van der Waals surface area contributed by atoms with Crippen LogP contribution in [0, 0.1) is 0 Å². The Bertz CT molecular complexity index is 723. The fraction of sp³-hybridized carbons (Fsp3) is 0.400. The van der Waals surface area contributed by atoms with Gasteiger partial charge in [-0.1, -0.05) is 0 Å². The largest absolute Gasteiger partial charge is 0.481 e. The number of carbonyl (C=O) groups excluding carboxylic acids is 1. The Kier molecular flexibility index (Phi) is 5.12. The molecule has 2 aromatic heterocycles. The first kappa shape index (κ1) is 17.4. The Balaban J connectivity index is 1.93. The quantitative estimate of drug-likeness (QED) is 0.739. The Morgan fingerprint density at radius 1 is 1.29 bits per heavy atom. The molecule has 0 fully saturated rings. The summed E-state index contributed by atoms with van der Waals surface area (Å²) in [5.41, 5.74) is 0.831. The van der Waals surface area contributed by atoms with Crippen LogP contribution in [0.3, 0.4) is 0 Å². The Hall–Kier alpha value is -2.97. The van der Waals surface area contributed by atoms with Gasteiger partial charge in [0.1, 0.15) is 0 Å². The number of aryl methyl sites for hydroxylation is 1. The molecule has 0 atom stereocenters. The minimum absolute atomic E-state index is 0.0209. The van der Waals surface area contributed by atoms with E-state index in [1.54, 1.807) is 36.9 Å². The summed E-state index contributed by atoms with van der Waals surface area (Å²) in [7, 11) is 1.81. The van der Waals surface area contributed by atoms with Crippen LogP contribution in [0.15, 0.2) is 24.5 Å². The van der Waals surface area contributed by atoms with Gasteiger partial charge in [0, 0.05) is 30.8 Å². The molecule has 0 radical (unpaired) electrons. The first-order chi connectivity index (χ1) is 11.2. The average molecular weight is 332 g/mol. The molecule has 2 aromatic rings. The maximum atomic E-state index is 12.0. The minimum Gasteiger partial charge on any atom is -0.481 e.